The Bertz CT molecular complexity index is 1640. The molecule has 3 aliphatic rings. The highest BCUT2D eigenvalue weighted by atomic mass is 19.1. The van der Waals surface area contributed by atoms with Crippen molar-refractivity contribution < 1.29 is 23.8 Å². The van der Waals surface area contributed by atoms with E-state index in [0.717, 1.165) is 22.1 Å². The van der Waals surface area contributed by atoms with Gasteiger partial charge in [-0.2, -0.15) is 0 Å². The lowest BCUT2D eigenvalue weighted by molar-refractivity contribution is -0.172. The molecule has 0 radical (unpaired) electrons. The molecule has 0 fully saturated rings. The summed E-state index contributed by atoms with van der Waals surface area (Å²) in [5.41, 5.74) is 2.80. The molecule has 6 rings (SSSR count). The Morgan fingerprint density at radius 2 is 2.03 bits per heavy atom. The molecule has 198 valence electrons. The van der Waals surface area contributed by atoms with E-state index < -0.39 is 11.6 Å². The predicted octanol–water partition coefficient (Wildman–Crippen LogP) is 3.63. The van der Waals surface area contributed by atoms with Crippen molar-refractivity contribution in [2.45, 2.75) is 71.8 Å². The summed E-state index contributed by atoms with van der Waals surface area (Å²) in [5, 5.41) is 12.0. The number of cyclic esters (lactones) is 1. The molecule has 2 aliphatic heterocycles. The molecule has 2 atom stereocenters. The molecule has 0 saturated heterocycles. The zero-order valence-corrected chi connectivity index (χ0v) is 22.1. The zero-order valence-electron chi connectivity index (χ0n) is 22.1. The number of carbonyl (C=O) groups is 2. The summed E-state index contributed by atoms with van der Waals surface area (Å²) >= 11 is 0. The number of ether oxygens (including phenoxy) is 1. The summed E-state index contributed by atoms with van der Waals surface area (Å²) in [6, 6.07) is 2.81. The van der Waals surface area contributed by atoms with E-state index in [-0.39, 0.29) is 59.9 Å². The van der Waals surface area contributed by atoms with Gasteiger partial charge in [-0.15, -0.1) is 0 Å². The smallest absolute Gasteiger partial charge is 0.343 e. The van der Waals surface area contributed by atoms with Crippen LogP contribution in [0.3, 0.4) is 0 Å². The minimum absolute atomic E-state index is 0.00260. The fraction of sp³-hybridized carbons (Fsp3) is 0.448. The monoisotopic (exact) mass is 519 g/mol. The van der Waals surface area contributed by atoms with Crippen LogP contribution in [0.1, 0.15) is 73.0 Å². The van der Waals surface area contributed by atoms with E-state index in [9.17, 15) is 19.5 Å². The third-order valence-corrected chi connectivity index (χ3v) is 8.66. The number of hydrogen-bond acceptors (Lipinski definition) is 6. The molecule has 2 aromatic heterocycles. The number of benzene rings is 1. The number of aliphatic hydroxyl groups is 1. The molecular formula is C29H30FN3O5. The Morgan fingerprint density at radius 3 is 2.71 bits per heavy atom. The molecule has 4 heterocycles. The fourth-order valence-corrected chi connectivity index (χ4v) is 6.48. The van der Waals surface area contributed by atoms with E-state index >= 15 is 4.39 Å². The van der Waals surface area contributed by atoms with Gasteiger partial charge in [0.1, 0.15) is 12.4 Å². The molecule has 0 bridgehead atoms. The minimum atomic E-state index is -1.93. The quantitative estimate of drug-likeness (QED) is 0.415. The van der Waals surface area contributed by atoms with Gasteiger partial charge in [-0.05, 0) is 48.9 Å². The average Bonchev–Trinajstić information content (AvgIpc) is 3.27. The number of nitrogens with zero attached hydrogens (tertiary/aromatic N) is 3. The van der Waals surface area contributed by atoms with E-state index in [4.69, 9.17) is 9.72 Å². The van der Waals surface area contributed by atoms with E-state index in [1.807, 2.05) is 13.8 Å². The molecule has 38 heavy (non-hydrogen) atoms. The average molecular weight is 520 g/mol. The third-order valence-electron chi connectivity index (χ3n) is 8.66. The Morgan fingerprint density at radius 1 is 1.29 bits per heavy atom. The first kappa shape index (κ1) is 24.7. The Balaban J connectivity index is 1.67. The van der Waals surface area contributed by atoms with Crippen LogP contribution in [0.25, 0.3) is 22.3 Å². The maximum absolute atomic E-state index is 15.0. The van der Waals surface area contributed by atoms with E-state index in [1.54, 1.807) is 36.4 Å². The summed E-state index contributed by atoms with van der Waals surface area (Å²) in [7, 11) is 1.80. The van der Waals surface area contributed by atoms with Gasteiger partial charge in [-0.25, -0.2) is 14.2 Å². The lowest BCUT2D eigenvalue weighted by atomic mass is 9.81. The summed E-state index contributed by atoms with van der Waals surface area (Å²) in [5.74, 6) is -1.33. The van der Waals surface area contributed by atoms with Crippen LogP contribution >= 0.6 is 0 Å². The second-order valence-corrected chi connectivity index (χ2v) is 11.0. The molecule has 3 aromatic rings. The highest BCUT2D eigenvalue weighted by molar-refractivity contribution is 5.94. The molecule has 1 aliphatic carbocycles. The van der Waals surface area contributed by atoms with Crippen LogP contribution in [0.2, 0.25) is 0 Å². The van der Waals surface area contributed by atoms with Gasteiger partial charge in [0.05, 0.1) is 35.1 Å². The number of aromatic nitrogens is 2. The van der Waals surface area contributed by atoms with Crippen LogP contribution in [-0.4, -0.2) is 38.5 Å². The van der Waals surface area contributed by atoms with Crippen LogP contribution in [0, 0.1) is 18.7 Å². The van der Waals surface area contributed by atoms with Gasteiger partial charge in [0, 0.05) is 35.5 Å². The third kappa shape index (κ3) is 3.11. The molecule has 1 N–H and O–H groups in total. The number of amides is 1. The Hall–Kier alpha value is -3.59. The van der Waals surface area contributed by atoms with Crippen molar-refractivity contribution in [3.8, 4) is 11.4 Å². The Labute approximate surface area is 219 Å². The standard InChI is InChI=1S/C29H30FN3O5/c1-6-29(37)18-9-22-25-16(11-33(22)27(35)17(18)12-38-28(29)36)24-21(32(5)26(34)13(2)3)8-7-15-14(4)19(30)10-20(31-25)23(15)24/h9-10,13,21,37H,6-8,11-12H2,1-5H3/t21-,29-/m0/s1. The van der Waals surface area contributed by atoms with Gasteiger partial charge in [-0.1, -0.05) is 20.8 Å². The zero-order chi connectivity index (χ0) is 27.3. The molecule has 1 aromatic carbocycles. The van der Waals surface area contributed by atoms with Gasteiger partial charge in [-0.3, -0.25) is 9.59 Å². The van der Waals surface area contributed by atoms with E-state index in [0.29, 0.717) is 35.3 Å². The van der Waals surface area contributed by atoms with Crippen LogP contribution in [-0.2, 0) is 39.5 Å². The number of halogens is 1. The van der Waals surface area contributed by atoms with E-state index in [2.05, 4.69) is 0 Å². The molecule has 1 amide bonds. The van der Waals surface area contributed by atoms with Crippen LogP contribution in [0.15, 0.2) is 16.9 Å². The molecule has 0 unspecified atom stereocenters. The van der Waals surface area contributed by atoms with Crippen LogP contribution in [0.4, 0.5) is 4.39 Å². The maximum atomic E-state index is 15.0. The van der Waals surface area contributed by atoms with Gasteiger partial charge < -0.3 is 19.3 Å². The lowest BCUT2D eigenvalue weighted by Crippen LogP contribution is -2.44. The summed E-state index contributed by atoms with van der Waals surface area (Å²) in [6.07, 6.45) is 1.28. The number of pyridine rings is 2. The van der Waals surface area contributed by atoms with Gasteiger partial charge >= 0.3 is 5.97 Å². The summed E-state index contributed by atoms with van der Waals surface area (Å²) < 4.78 is 21.8. The second kappa shape index (κ2) is 8.20. The first-order valence-electron chi connectivity index (χ1n) is 13.1. The van der Waals surface area contributed by atoms with Crippen molar-refractivity contribution in [3.05, 3.63) is 61.7 Å². The van der Waals surface area contributed by atoms with Gasteiger partial charge in [0.15, 0.2) is 5.60 Å². The SMILES string of the molecule is CC[C@@]1(O)C(=O)OCc2c1cc1n(c2=O)Cc2c-1nc1cc(F)c(C)c3c1c2[C@@H](N(C)C(=O)C(C)C)CC3. The predicted molar refractivity (Wildman–Crippen MR) is 138 cm³/mol. The number of rotatable bonds is 3. The Kier molecular flexibility index (Phi) is 5.34. The maximum Gasteiger partial charge on any atom is 0.343 e. The lowest BCUT2D eigenvalue weighted by Gasteiger charge is -2.36. The first-order valence-corrected chi connectivity index (χ1v) is 13.1. The van der Waals surface area contributed by atoms with Crippen molar-refractivity contribution >= 4 is 22.8 Å². The first-order chi connectivity index (χ1) is 18.0. The molecule has 0 spiro atoms. The highest BCUT2D eigenvalue weighted by Gasteiger charge is 2.46. The van der Waals surface area contributed by atoms with Crippen LogP contribution in [0.5, 0.6) is 0 Å². The van der Waals surface area contributed by atoms with Crippen molar-refractivity contribution in [2.75, 3.05) is 7.05 Å². The van der Waals surface area contributed by atoms with Crippen molar-refractivity contribution in [1.82, 2.24) is 14.5 Å². The van der Waals surface area contributed by atoms with Crippen molar-refractivity contribution in [3.63, 3.8) is 0 Å². The normalized spacial score (nSPS) is 21.3. The topological polar surface area (TPSA) is 102 Å². The summed E-state index contributed by atoms with van der Waals surface area (Å²) in [4.78, 5) is 45.9. The minimum Gasteiger partial charge on any atom is -0.458 e. The number of carbonyl (C=O) groups excluding carboxylic acids is 2. The molecular weight excluding hydrogens is 489 g/mol. The molecule has 9 heteroatoms. The number of aryl methyl sites for hydroxylation is 1. The summed E-state index contributed by atoms with van der Waals surface area (Å²) in [6.45, 7) is 7.16. The number of fused-ring (bicyclic) bond motifs is 5. The molecule has 0 saturated carbocycles. The number of hydrogen-bond donors (Lipinski definition) is 1. The highest BCUT2D eigenvalue weighted by Crippen LogP contribution is 2.47. The van der Waals surface area contributed by atoms with Crippen molar-refractivity contribution in [2.24, 2.45) is 5.92 Å². The van der Waals surface area contributed by atoms with Gasteiger partial charge in [0.25, 0.3) is 5.56 Å². The number of esters is 1. The second-order valence-electron chi connectivity index (χ2n) is 11.0. The van der Waals surface area contributed by atoms with E-state index in [1.165, 1.54) is 6.07 Å². The molecule has 8 nitrogen and oxygen atoms in total. The fourth-order valence-electron chi connectivity index (χ4n) is 6.48. The van der Waals surface area contributed by atoms with Crippen molar-refractivity contribution in [1.29, 1.82) is 0 Å². The van der Waals surface area contributed by atoms with Crippen LogP contribution < -0.4 is 5.56 Å². The largest absolute Gasteiger partial charge is 0.458 e. The van der Waals surface area contributed by atoms with Gasteiger partial charge in [0.2, 0.25) is 5.91 Å².